The Bertz CT molecular complexity index is 3320. The maximum absolute atomic E-state index is 5.13. The molecule has 0 saturated heterocycles. The molecule has 270 valence electrons. The van der Waals surface area contributed by atoms with Gasteiger partial charge in [0.1, 0.15) is 18.2 Å². The van der Waals surface area contributed by atoms with Gasteiger partial charge in [-0.1, -0.05) is 152 Å². The number of thiophene rings is 2. The summed E-state index contributed by atoms with van der Waals surface area (Å²) >= 11 is 3.79. The van der Waals surface area contributed by atoms with Crippen LogP contribution in [0, 0.1) is 0 Å². The molecule has 0 aliphatic carbocycles. The Kier molecular flexibility index (Phi) is 7.45. The van der Waals surface area contributed by atoms with Crippen LogP contribution in [0.3, 0.4) is 0 Å². The van der Waals surface area contributed by atoms with Gasteiger partial charge in [0.2, 0.25) is 0 Å². The second kappa shape index (κ2) is 13.0. The number of fused-ring (bicyclic) bond motifs is 9. The van der Waals surface area contributed by atoms with Gasteiger partial charge in [0, 0.05) is 57.5 Å². The second-order valence-corrected chi connectivity index (χ2v) is 16.8. The third-order valence-corrected chi connectivity index (χ3v) is 13.9. The molecule has 12 rings (SSSR count). The molecule has 0 fully saturated rings. The monoisotopic (exact) mass is 766 g/mol. The van der Waals surface area contributed by atoms with Gasteiger partial charge in [-0.05, 0) is 47.0 Å². The van der Waals surface area contributed by atoms with Crippen molar-refractivity contribution in [3.63, 3.8) is 0 Å². The van der Waals surface area contributed by atoms with Crippen LogP contribution in [0.2, 0.25) is 0 Å². The van der Waals surface area contributed by atoms with Crippen LogP contribution in [-0.4, -0.2) is 10.4 Å². The van der Waals surface area contributed by atoms with Crippen LogP contribution >= 0.6 is 22.7 Å². The van der Waals surface area contributed by atoms with Gasteiger partial charge in [0.25, 0.3) is 0 Å². The predicted octanol–water partition coefficient (Wildman–Crippen LogP) is 13.5. The van der Waals surface area contributed by atoms with E-state index >= 15 is 0 Å². The van der Waals surface area contributed by atoms with Gasteiger partial charge >= 0.3 is 0 Å². The zero-order valence-corrected chi connectivity index (χ0v) is 32.3. The number of para-hydroxylation sites is 2. The number of amidine groups is 1. The molecule has 1 aliphatic heterocycles. The smallest absolute Gasteiger partial charge is 0.131 e. The van der Waals surface area contributed by atoms with E-state index in [1.165, 1.54) is 84.5 Å². The number of nitrogens with one attached hydrogen (secondary N) is 2. The molecule has 2 unspecified atom stereocenters. The normalized spacial score (nSPS) is 15.9. The molecule has 4 nitrogen and oxygen atoms in total. The van der Waals surface area contributed by atoms with Crippen LogP contribution in [0.1, 0.15) is 29.0 Å². The molecule has 0 radical (unpaired) electrons. The lowest BCUT2D eigenvalue weighted by Crippen LogP contribution is -2.44. The molecule has 0 spiro atoms. The number of hydrogen-bond donors (Lipinski definition) is 2. The highest BCUT2D eigenvalue weighted by molar-refractivity contribution is 7.27. The minimum absolute atomic E-state index is 0.119. The van der Waals surface area contributed by atoms with Crippen LogP contribution in [0.15, 0.2) is 187 Å². The van der Waals surface area contributed by atoms with Gasteiger partial charge in [-0.15, -0.1) is 22.7 Å². The Morgan fingerprint density at radius 1 is 0.474 bits per heavy atom. The minimum Gasteiger partial charge on any atom is -0.350 e. The second-order valence-electron chi connectivity index (χ2n) is 14.7. The molecule has 1 aliphatic rings. The van der Waals surface area contributed by atoms with Crippen molar-refractivity contribution in [2.24, 2.45) is 4.99 Å². The zero-order chi connectivity index (χ0) is 37.5. The van der Waals surface area contributed by atoms with E-state index in [2.05, 4.69) is 191 Å². The lowest BCUT2D eigenvalue weighted by molar-refractivity contribution is 0.409. The highest BCUT2D eigenvalue weighted by atomic mass is 32.1. The Labute approximate surface area is 337 Å². The SMILES string of the molecule is c1ccc(C2=NC(c3ccccc3)NC(c3ccc4c(c3)sc3c(-c5cccc6sc7c(-n8c9ccccc9c9ccccc98)cccc7c56)cccc34)N2)cc1. The maximum Gasteiger partial charge on any atom is 0.131 e. The molecular weight excluding hydrogens is 733 g/mol. The summed E-state index contributed by atoms with van der Waals surface area (Å²) in [6, 6.07) is 65.9. The first-order valence-corrected chi connectivity index (χ1v) is 21.0. The van der Waals surface area contributed by atoms with E-state index in [-0.39, 0.29) is 12.3 Å². The summed E-state index contributed by atoms with van der Waals surface area (Å²) in [4.78, 5) is 5.13. The fourth-order valence-corrected chi connectivity index (χ4v) is 11.4. The molecule has 0 bridgehead atoms. The molecule has 57 heavy (non-hydrogen) atoms. The molecule has 8 aromatic carbocycles. The van der Waals surface area contributed by atoms with E-state index in [1.54, 1.807) is 0 Å². The van der Waals surface area contributed by atoms with E-state index in [0.717, 1.165) is 17.0 Å². The molecule has 6 heteroatoms. The number of hydrogen-bond acceptors (Lipinski definition) is 5. The molecular formula is C51H34N4S2. The molecule has 3 aromatic heterocycles. The van der Waals surface area contributed by atoms with Gasteiger partial charge in [-0.25, -0.2) is 4.99 Å². The first-order chi connectivity index (χ1) is 28.3. The Morgan fingerprint density at radius 2 is 1.12 bits per heavy atom. The summed E-state index contributed by atoms with van der Waals surface area (Å²) in [7, 11) is 0. The summed E-state index contributed by atoms with van der Waals surface area (Å²) in [6.45, 7) is 0. The van der Waals surface area contributed by atoms with E-state index in [4.69, 9.17) is 4.99 Å². The third kappa shape index (κ3) is 5.19. The third-order valence-electron chi connectivity index (χ3n) is 11.5. The standard InChI is InChI=1S/C51H34N4S2/c1-3-14-31(15-4-1)49-52-50(32-16-5-2-6-17-32)54-51(53-49)33-28-29-36-38-21-11-22-39(47(38)57-45(36)30-33)37-20-13-27-44-46(37)40-23-12-26-43(48(40)56-44)55-41-24-9-7-18-34(41)35-19-8-10-25-42(35)55/h1-30,49,51,53H,(H,52,54). The molecule has 2 atom stereocenters. The number of nitrogens with zero attached hydrogens (tertiary/aromatic N) is 2. The van der Waals surface area contributed by atoms with Gasteiger partial charge in [0.05, 0.1) is 21.4 Å². The van der Waals surface area contributed by atoms with Crippen molar-refractivity contribution in [3.05, 3.63) is 199 Å². The summed E-state index contributed by atoms with van der Waals surface area (Å²) in [5.41, 5.74) is 9.65. The first kappa shape index (κ1) is 32.7. The van der Waals surface area contributed by atoms with Gasteiger partial charge in [-0.3, -0.25) is 5.32 Å². The zero-order valence-electron chi connectivity index (χ0n) is 30.7. The van der Waals surface area contributed by atoms with E-state index in [0.29, 0.717) is 0 Å². The van der Waals surface area contributed by atoms with Crippen LogP contribution in [0.25, 0.3) is 79.0 Å². The Balaban J connectivity index is 0.991. The fraction of sp³-hybridized carbons (Fsp3) is 0.0392. The van der Waals surface area contributed by atoms with E-state index in [1.807, 2.05) is 28.7 Å². The Hall–Kier alpha value is -6.57. The van der Waals surface area contributed by atoms with Gasteiger partial charge in [0.15, 0.2) is 0 Å². The summed E-state index contributed by atoms with van der Waals surface area (Å²) in [5, 5.41) is 15.3. The lowest BCUT2D eigenvalue weighted by atomic mass is 9.97. The van der Waals surface area contributed by atoms with E-state index < -0.39 is 0 Å². The quantitative estimate of drug-likeness (QED) is 0.183. The lowest BCUT2D eigenvalue weighted by Gasteiger charge is -2.32. The maximum atomic E-state index is 5.13. The highest BCUT2D eigenvalue weighted by Crippen LogP contribution is 2.47. The van der Waals surface area contributed by atoms with Crippen molar-refractivity contribution in [1.82, 2.24) is 15.2 Å². The van der Waals surface area contributed by atoms with Crippen molar-refractivity contribution in [3.8, 4) is 16.8 Å². The largest absolute Gasteiger partial charge is 0.350 e. The fourth-order valence-electron chi connectivity index (χ4n) is 8.90. The minimum atomic E-state index is -0.172. The van der Waals surface area contributed by atoms with Crippen molar-refractivity contribution in [2.75, 3.05) is 0 Å². The first-order valence-electron chi connectivity index (χ1n) is 19.4. The van der Waals surface area contributed by atoms with Gasteiger partial charge < -0.3 is 9.88 Å². The number of aromatic nitrogens is 1. The Morgan fingerprint density at radius 3 is 1.93 bits per heavy atom. The summed E-state index contributed by atoms with van der Waals surface area (Å²) < 4.78 is 7.65. The van der Waals surface area contributed by atoms with Crippen molar-refractivity contribution >= 4 is 90.7 Å². The molecule has 0 saturated carbocycles. The van der Waals surface area contributed by atoms with Gasteiger partial charge in [-0.2, -0.15) is 0 Å². The number of rotatable bonds is 5. The summed E-state index contributed by atoms with van der Waals surface area (Å²) in [5.74, 6) is 0.893. The van der Waals surface area contributed by atoms with Crippen molar-refractivity contribution in [1.29, 1.82) is 0 Å². The van der Waals surface area contributed by atoms with Crippen molar-refractivity contribution < 1.29 is 0 Å². The van der Waals surface area contributed by atoms with E-state index in [9.17, 15) is 0 Å². The van der Waals surface area contributed by atoms with Crippen LogP contribution in [-0.2, 0) is 0 Å². The van der Waals surface area contributed by atoms with Crippen molar-refractivity contribution in [2.45, 2.75) is 12.3 Å². The summed E-state index contributed by atoms with van der Waals surface area (Å²) in [6.07, 6.45) is -0.291. The topological polar surface area (TPSA) is 41.4 Å². The number of benzene rings is 8. The molecule has 11 aromatic rings. The van der Waals surface area contributed by atoms with Crippen LogP contribution in [0.5, 0.6) is 0 Å². The molecule has 2 N–H and O–H groups in total. The molecule has 4 heterocycles. The number of aliphatic imine (C=N–C) groups is 1. The predicted molar refractivity (Wildman–Crippen MR) is 243 cm³/mol. The van der Waals surface area contributed by atoms with Crippen LogP contribution < -0.4 is 10.6 Å². The average molecular weight is 767 g/mol. The highest BCUT2D eigenvalue weighted by Gasteiger charge is 2.26. The average Bonchev–Trinajstić information content (AvgIpc) is 3.96. The molecule has 0 amide bonds. The van der Waals surface area contributed by atoms with Crippen LogP contribution in [0.4, 0.5) is 0 Å².